The van der Waals surface area contributed by atoms with E-state index in [0.717, 1.165) is 50.8 Å². The van der Waals surface area contributed by atoms with Crippen LogP contribution in [0.1, 0.15) is 47.0 Å². The highest BCUT2D eigenvalue weighted by molar-refractivity contribution is 7.17. The van der Waals surface area contributed by atoms with Gasteiger partial charge in [-0.3, -0.25) is 14.5 Å². The summed E-state index contributed by atoms with van der Waals surface area (Å²) >= 11 is 1.51. The van der Waals surface area contributed by atoms with Crippen molar-refractivity contribution < 1.29 is 9.59 Å². The fourth-order valence-electron chi connectivity index (χ4n) is 3.26. The summed E-state index contributed by atoms with van der Waals surface area (Å²) in [5.41, 5.74) is 7.10. The minimum Gasteiger partial charge on any atom is -0.365 e. The van der Waals surface area contributed by atoms with Gasteiger partial charge in [-0.25, -0.2) is 0 Å². The summed E-state index contributed by atoms with van der Waals surface area (Å²) in [4.78, 5) is 27.5. The Morgan fingerprint density at radius 2 is 1.95 bits per heavy atom. The topological polar surface area (TPSA) is 75.4 Å². The van der Waals surface area contributed by atoms with Crippen LogP contribution in [0.3, 0.4) is 0 Å². The minimum absolute atomic E-state index is 0.0423. The first kappa shape index (κ1) is 14.5. The van der Waals surface area contributed by atoms with Crippen LogP contribution >= 0.6 is 11.3 Å². The number of anilines is 1. The van der Waals surface area contributed by atoms with Crippen molar-refractivity contribution in [3.8, 4) is 0 Å². The number of nitrogens with zero attached hydrogens (tertiary/aromatic N) is 1. The Bertz CT molecular complexity index is 576. The first-order valence-corrected chi connectivity index (χ1v) is 8.39. The maximum Gasteiger partial charge on any atom is 0.251 e. The molecule has 0 unspecified atom stereocenters. The number of primary amides is 1. The zero-order valence-corrected chi connectivity index (χ0v) is 13.1. The van der Waals surface area contributed by atoms with Crippen LogP contribution in [0, 0.1) is 0 Å². The zero-order chi connectivity index (χ0) is 15.0. The molecule has 1 atom stereocenters. The molecule has 5 nitrogen and oxygen atoms in total. The molecule has 1 aromatic heterocycles. The van der Waals surface area contributed by atoms with Gasteiger partial charge in [0.25, 0.3) is 5.91 Å². The Morgan fingerprint density at radius 3 is 2.62 bits per heavy atom. The van der Waals surface area contributed by atoms with Crippen molar-refractivity contribution in [3.63, 3.8) is 0 Å². The molecule has 1 aliphatic heterocycles. The number of aryl methyl sites for hydroxylation is 1. The molecule has 3 N–H and O–H groups in total. The number of carbonyl (C=O) groups excluding carboxylic acids is 2. The van der Waals surface area contributed by atoms with Gasteiger partial charge in [0.1, 0.15) is 5.00 Å². The van der Waals surface area contributed by atoms with E-state index in [2.05, 4.69) is 10.2 Å². The summed E-state index contributed by atoms with van der Waals surface area (Å²) < 4.78 is 0. The molecule has 2 aliphatic rings. The lowest BCUT2D eigenvalue weighted by molar-refractivity contribution is -0.120. The van der Waals surface area contributed by atoms with E-state index in [1.807, 2.05) is 6.92 Å². The highest BCUT2D eigenvalue weighted by Crippen LogP contribution is 2.38. The summed E-state index contributed by atoms with van der Waals surface area (Å²) in [6, 6.07) is -0.162. The van der Waals surface area contributed by atoms with E-state index in [4.69, 9.17) is 5.73 Å². The van der Waals surface area contributed by atoms with Crippen molar-refractivity contribution in [1.29, 1.82) is 0 Å². The fourth-order valence-corrected chi connectivity index (χ4v) is 4.56. The van der Waals surface area contributed by atoms with Gasteiger partial charge in [-0.2, -0.15) is 0 Å². The van der Waals surface area contributed by atoms with Crippen molar-refractivity contribution in [3.05, 3.63) is 16.0 Å². The third-order valence-electron chi connectivity index (χ3n) is 4.47. The Labute approximate surface area is 128 Å². The molecule has 1 aromatic rings. The molecule has 21 heavy (non-hydrogen) atoms. The van der Waals surface area contributed by atoms with E-state index >= 15 is 0 Å². The lowest BCUT2D eigenvalue weighted by Gasteiger charge is -2.22. The molecular weight excluding hydrogens is 286 g/mol. The predicted molar refractivity (Wildman–Crippen MR) is 83.8 cm³/mol. The van der Waals surface area contributed by atoms with E-state index in [1.165, 1.54) is 16.2 Å². The van der Waals surface area contributed by atoms with Gasteiger partial charge in [-0.05, 0) is 57.7 Å². The van der Waals surface area contributed by atoms with Gasteiger partial charge in [0, 0.05) is 4.88 Å². The van der Waals surface area contributed by atoms with Crippen LogP contribution in [0.5, 0.6) is 0 Å². The van der Waals surface area contributed by atoms with Crippen molar-refractivity contribution in [2.24, 2.45) is 5.73 Å². The number of likely N-dealkylation sites (tertiary alicyclic amines) is 1. The Balaban J connectivity index is 1.78. The number of amides is 2. The summed E-state index contributed by atoms with van der Waals surface area (Å²) in [5, 5.41) is 3.58. The minimum atomic E-state index is -0.432. The average molecular weight is 307 g/mol. The van der Waals surface area contributed by atoms with Gasteiger partial charge in [0.2, 0.25) is 5.91 Å². The van der Waals surface area contributed by atoms with Crippen LogP contribution in [0.2, 0.25) is 0 Å². The number of fused-ring (bicyclic) bond motifs is 1. The molecule has 0 saturated carbocycles. The number of nitrogens with two attached hydrogens (primary N) is 1. The molecule has 0 aromatic carbocycles. The Morgan fingerprint density at radius 1 is 1.24 bits per heavy atom. The summed E-state index contributed by atoms with van der Waals surface area (Å²) in [6.07, 6.45) is 5.24. The number of hydrogen-bond acceptors (Lipinski definition) is 4. The van der Waals surface area contributed by atoms with E-state index in [1.54, 1.807) is 0 Å². The molecule has 1 aliphatic carbocycles. The van der Waals surface area contributed by atoms with Crippen LogP contribution in [-0.2, 0) is 17.6 Å². The standard InChI is InChI=1S/C15H21N3O2S/c1-9(18-7-2-3-8-18)14(20)17-15-12(13(16)19)10-5-4-6-11(10)21-15/h9H,2-8H2,1H3,(H2,16,19)(H,17,20)/t9-/m1/s1. The van der Waals surface area contributed by atoms with Gasteiger partial charge in [-0.1, -0.05) is 0 Å². The number of hydrogen-bond donors (Lipinski definition) is 2. The second-order valence-electron chi connectivity index (χ2n) is 5.83. The predicted octanol–water partition coefficient (Wildman–Crippen LogP) is 1.76. The van der Waals surface area contributed by atoms with E-state index in [0.29, 0.717) is 10.6 Å². The van der Waals surface area contributed by atoms with Gasteiger partial charge in [-0.15, -0.1) is 11.3 Å². The molecule has 1 fully saturated rings. The molecular formula is C15H21N3O2S. The molecule has 0 radical (unpaired) electrons. The highest BCUT2D eigenvalue weighted by atomic mass is 32.1. The lowest BCUT2D eigenvalue weighted by Crippen LogP contribution is -2.40. The number of nitrogens with one attached hydrogen (secondary N) is 1. The summed E-state index contributed by atoms with van der Waals surface area (Å²) in [6.45, 7) is 3.86. The molecule has 0 bridgehead atoms. The highest BCUT2D eigenvalue weighted by Gasteiger charge is 2.29. The molecule has 0 spiro atoms. The average Bonchev–Trinajstić information content (AvgIpc) is 3.13. The van der Waals surface area contributed by atoms with Gasteiger partial charge < -0.3 is 11.1 Å². The Hall–Kier alpha value is -1.40. The largest absolute Gasteiger partial charge is 0.365 e. The van der Waals surface area contributed by atoms with Gasteiger partial charge in [0.05, 0.1) is 11.6 Å². The van der Waals surface area contributed by atoms with Crippen LogP contribution in [0.4, 0.5) is 5.00 Å². The monoisotopic (exact) mass is 307 g/mol. The Kier molecular flexibility index (Phi) is 3.99. The number of carbonyl (C=O) groups is 2. The van der Waals surface area contributed by atoms with Gasteiger partial charge in [0.15, 0.2) is 0 Å². The molecule has 6 heteroatoms. The maximum absolute atomic E-state index is 12.4. The van der Waals surface area contributed by atoms with Crippen LogP contribution in [0.15, 0.2) is 0 Å². The summed E-state index contributed by atoms with van der Waals surface area (Å²) in [5.74, 6) is -0.474. The molecule has 2 amide bonds. The van der Waals surface area contributed by atoms with Crippen LogP contribution in [-0.4, -0.2) is 35.8 Å². The van der Waals surface area contributed by atoms with Crippen molar-refractivity contribution >= 4 is 28.2 Å². The van der Waals surface area contributed by atoms with Crippen molar-refractivity contribution in [2.75, 3.05) is 18.4 Å². The number of thiophene rings is 1. The maximum atomic E-state index is 12.4. The van der Waals surface area contributed by atoms with Crippen molar-refractivity contribution in [2.45, 2.75) is 45.1 Å². The van der Waals surface area contributed by atoms with Crippen LogP contribution in [0.25, 0.3) is 0 Å². The molecule has 1 saturated heterocycles. The van der Waals surface area contributed by atoms with E-state index in [9.17, 15) is 9.59 Å². The van der Waals surface area contributed by atoms with Crippen molar-refractivity contribution in [1.82, 2.24) is 4.90 Å². The first-order chi connectivity index (χ1) is 10.1. The number of rotatable bonds is 4. The second-order valence-corrected chi connectivity index (χ2v) is 6.94. The third-order valence-corrected chi connectivity index (χ3v) is 5.68. The fraction of sp³-hybridized carbons (Fsp3) is 0.600. The molecule has 114 valence electrons. The van der Waals surface area contributed by atoms with Crippen LogP contribution < -0.4 is 11.1 Å². The van der Waals surface area contributed by atoms with E-state index in [-0.39, 0.29) is 11.9 Å². The van der Waals surface area contributed by atoms with E-state index < -0.39 is 5.91 Å². The molecule has 3 rings (SSSR count). The normalized spacial score (nSPS) is 19.5. The smallest absolute Gasteiger partial charge is 0.251 e. The molecule has 2 heterocycles. The SMILES string of the molecule is C[C@H](C(=O)Nc1sc2c(c1C(N)=O)CCC2)N1CCCC1. The van der Waals surface area contributed by atoms with Gasteiger partial charge >= 0.3 is 0 Å². The zero-order valence-electron chi connectivity index (χ0n) is 12.3. The third kappa shape index (κ3) is 2.70. The lowest BCUT2D eigenvalue weighted by atomic mass is 10.1. The second kappa shape index (κ2) is 5.77. The quantitative estimate of drug-likeness (QED) is 0.890. The first-order valence-electron chi connectivity index (χ1n) is 7.57. The summed E-state index contributed by atoms with van der Waals surface area (Å²) in [7, 11) is 0.